The van der Waals surface area contributed by atoms with Crippen molar-refractivity contribution in [1.29, 1.82) is 0 Å². The maximum Gasteiger partial charge on any atom is 0.471 e. The number of carbonyl (C=O) groups excluding carboxylic acids is 2. The Kier molecular flexibility index (Phi) is 5.63. The highest BCUT2D eigenvalue weighted by Gasteiger charge is 2.38. The van der Waals surface area contributed by atoms with Crippen molar-refractivity contribution in [3.05, 3.63) is 83.4 Å². The van der Waals surface area contributed by atoms with E-state index < -0.39 is 12.1 Å². The number of H-pyrrole nitrogens is 1. The number of aryl methyl sites for hydroxylation is 1. The van der Waals surface area contributed by atoms with E-state index in [1.165, 1.54) is 30.5 Å². The van der Waals surface area contributed by atoms with Crippen molar-refractivity contribution in [3.63, 3.8) is 0 Å². The number of hydrogen-bond acceptors (Lipinski definition) is 3. The maximum absolute atomic E-state index is 13.1. The van der Waals surface area contributed by atoms with Crippen LogP contribution in [0.4, 0.5) is 18.9 Å². The fraction of sp³-hybridized carbons (Fsp3) is 0.0952. The molecule has 148 valence electrons. The highest BCUT2D eigenvalue weighted by atomic mass is 19.4. The van der Waals surface area contributed by atoms with Crippen molar-refractivity contribution < 1.29 is 22.8 Å². The van der Waals surface area contributed by atoms with Crippen LogP contribution in [0.1, 0.15) is 27.3 Å². The first-order chi connectivity index (χ1) is 13.8. The summed E-state index contributed by atoms with van der Waals surface area (Å²) in [6.45, 7) is 1.81. The van der Waals surface area contributed by atoms with Gasteiger partial charge in [-0.2, -0.15) is 13.2 Å². The fourth-order valence-corrected chi connectivity index (χ4v) is 2.70. The Morgan fingerprint density at radius 1 is 1.10 bits per heavy atom. The van der Waals surface area contributed by atoms with Gasteiger partial charge in [-0.05, 0) is 36.3 Å². The molecule has 0 aliphatic rings. The number of aromatic nitrogens is 2. The lowest BCUT2D eigenvalue weighted by Crippen LogP contribution is -2.29. The predicted octanol–water partition coefficient (Wildman–Crippen LogP) is 4.64. The normalized spacial score (nSPS) is 11.9. The summed E-state index contributed by atoms with van der Waals surface area (Å²) < 4.78 is 37.4. The third-order valence-corrected chi connectivity index (χ3v) is 4.10. The first-order valence-corrected chi connectivity index (χ1v) is 8.56. The molecule has 0 saturated heterocycles. The molecule has 1 heterocycles. The van der Waals surface area contributed by atoms with Crippen molar-refractivity contribution in [2.45, 2.75) is 13.1 Å². The molecule has 2 N–H and O–H groups in total. The number of nitrogens with zero attached hydrogens (tertiary/aromatic N) is 1. The fourth-order valence-electron chi connectivity index (χ4n) is 2.70. The van der Waals surface area contributed by atoms with Gasteiger partial charge in [0.2, 0.25) is 0 Å². The van der Waals surface area contributed by atoms with E-state index in [1.807, 2.05) is 6.07 Å². The number of amides is 1. The van der Waals surface area contributed by atoms with Crippen LogP contribution in [0.25, 0.3) is 11.6 Å². The van der Waals surface area contributed by atoms with Crippen LogP contribution in [0.15, 0.2) is 60.9 Å². The summed E-state index contributed by atoms with van der Waals surface area (Å²) in [5, 5.41) is 1.80. The van der Waals surface area contributed by atoms with Crippen molar-refractivity contribution in [2.75, 3.05) is 5.32 Å². The molecular weight excluding hydrogens is 383 g/mol. The zero-order valence-corrected chi connectivity index (χ0v) is 15.2. The van der Waals surface area contributed by atoms with Crippen LogP contribution in [-0.2, 0) is 4.79 Å². The van der Waals surface area contributed by atoms with Crippen LogP contribution >= 0.6 is 0 Å². The topological polar surface area (TPSA) is 74.8 Å². The molecule has 2 aromatic carbocycles. The van der Waals surface area contributed by atoms with Gasteiger partial charge in [0.1, 0.15) is 5.82 Å². The molecule has 1 amide bonds. The van der Waals surface area contributed by atoms with Crippen molar-refractivity contribution in [3.8, 4) is 0 Å². The van der Waals surface area contributed by atoms with Crippen LogP contribution in [0.5, 0.6) is 0 Å². The van der Waals surface area contributed by atoms with E-state index in [0.29, 0.717) is 17.0 Å². The molecule has 1 aromatic heterocycles. The Morgan fingerprint density at radius 2 is 1.86 bits per heavy atom. The van der Waals surface area contributed by atoms with E-state index in [4.69, 9.17) is 0 Å². The number of rotatable bonds is 5. The monoisotopic (exact) mass is 399 g/mol. The number of ketones is 1. The Labute approximate surface area is 164 Å². The lowest BCUT2D eigenvalue weighted by atomic mass is 9.97. The molecule has 0 saturated carbocycles. The number of hydrogen-bond donors (Lipinski definition) is 2. The number of benzene rings is 2. The molecule has 0 radical (unpaired) electrons. The first-order valence-electron chi connectivity index (χ1n) is 8.56. The van der Waals surface area contributed by atoms with Crippen molar-refractivity contribution in [2.24, 2.45) is 0 Å². The van der Waals surface area contributed by atoms with Gasteiger partial charge in [-0.3, -0.25) is 9.59 Å². The average Bonchev–Trinajstić information content (AvgIpc) is 3.20. The van der Waals surface area contributed by atoms with Crippen LogP contribution in [0.3, 0.4) is 0 Å². The molecule has 5 nitrogen and oxygen atoms in total. The van der Waals surface area contributed by atoms with E-state index in [2.05, 4.69) is 9.97 Å². The molecule has 0 aliphatic heterocycles. The SMILES string of the molecule is Cc1ccccc1C(=O)C(=Cc1cccc(NC(=O)C(F)(F)F)c1)c1ncc[nH]1. The van der Waals surface area contributed by atoms with Crippen LogP contribution in [0.2, 0.25) is 0 Å². The maximum atomic E-state index is 13.1. The van der Waals surface area contributed by atoms with E-state index in [0.717, 1.165) is 5.56 Å². The van der Waals surface area contributed by atoms with Gasteiger partial charge in [0, 0.05) is 23.6 Å². The molecule has 8 heteroatoms. The Hall–Kier alpha value is -3.68. The molecule has 0 atom stereocenters. The van der Waals surface area contributed by atoms with Gasteiger partial charge in [-0.1, -0.05) is 36.4 Å². The number of allylic oxidation sites excluding steroid dienone is 1. The van der Waals surface area contributed by atoms with Crippen molar-refractivity contribution >= 4 is 29.0 Å². The van der Waals surface area contributed by atoms with E-state index in [9.17, 15) is 22.8 Å². The molecular formula is C21H16F3N3O2. The third kappa shape index (κ3) is 4.78. The summed E-state index contributed by atoms with van der Waals surface area (Å²) in [6, 6.07) is 12.8. The molecule has 0 spiro atoms. The molecule has 0 unspecified atom stereocenters. The minimum atomic E-state index is -4.99. The lowest BCUT2D eigenvalue weighted by molar-refractivity contribution is -0.167. The van der Waals surface area contributed by atoms with Gasteiger partial charge in [0.15, 0.2) is 5.78 Å². The van der Waals surface area contributed by atoms with Gasteiger partial charge >= 0.3 is 12.1 Å². The lowest BCUT2D eigenvalue weighted by Gasteiger charge is -2.10. The summed E-state index contributed by atoms with van der Waals surface area (Å²) in [5.74, 6) is -2.04. The second-order valence-electron chi connectivity index (χ2n) is 6.22. The summed E-state index contributed by atoms with van der Waals surface area (Å²) in [6.07, 6.45) is -0.425. The highest BCUT2D eigenvalue weighted by molar-refractivity contribution is 6.32. The number of halogens is 3. The van der Waals surface area contributed by atoms with Crippen LogP contribution in [0, 0.1) is 6.92 Å². The summed E-state index contributed by atoms with van der Waals surface area (Å²) in [4.78, 5) is 31.3. The summed E-state index contributed by atoms with van der Waals surface area (Å²) >= 11 is 0. The number of alkyl halides is 3. The molecule has 3 rings (SSSR count). The van der Waals surface area contributed by atoms with Gasteiger partial charge in [-0.15, -0.1) is 0 Å². The van der Waals surface area contributed by atoms with E-state index in [-0.39, 0.29) is 17.0 Å². The number of nitrogens with one attached hydrogen (secondary N) is 2. The summed E-state index contributed by atoms with van der Waals surface area (Å²) in [5.41, 5.74) is 1.89. The molecule has 0 bridgehead atoms. The molecule has 0 aliphatic carbocycles. The van der Waals surface area contributed by atoms with E-state index >= 15 is 0 Å². The second-order valence-corrected chi connectivity index (χ2v) is 6.22. The number of anilines is 1. The average molecular weight is 399 g/mol. The summed E-state index contributed by atoms with van der Waals surface area (Å²) in [7, 11) is 0. The number of carbonyl (C=O) groups is 2. The molecule has 29 heavy (non-hydrogen) atoms. The zero-order valence-electron chi connectivity index (χ0n) is 15.2. The molecule has 3 aromatic rings. The standard InChI is InChI=1S/C21H16F3N3O2/c1-13-5-2-3-8-16(13)18(28)17(19-25-9-10-26-19)12-14-6-4-7-15(11-14)27-20(29)21(22,23)24/h2-12H,1H3,(H,25,26)(H,27,29). The highest BCUT2D eigenvalue weighted by Crippen LogP contribution is 2.24. The van der Waals surface area contributed by atoms with Gasteiger partial charge < -0.3 is 10.3 Å². The molecule has 0 fully saturated rings. The number of imidazole rings is 1. The Balaban J connectivity index is 2.00. The minimum absolute atomic E-state index is 0.0387. The second kappa shape index (κ2) is 8.14. The first kappa shape index (κ1) is 20.1. The zero-order chi connectivity index (χ0) is 21.0. The van der Waals surface area contributed by atoms with E-state index in [1.54, 1.807) is 42.7 Å². The smallest absolute Gasteiger partial charge is 0.345 e. The van der Waals surface area contributed by atoms with Crippen molar-refractivity contribution in [1.82, 2.24) is 9.97 Å². The minimum Gasteiger partial charge on any atom is -0.345 e. The quantitative estimate of drug-likeness (QED) is 0.485. The van der Waals surface area contributed by atoms with Crippen LogP contribution < -0.4 is 5.32 Å². The predicted molar refractivity (Wildman–Crippen MR) is 103 cm³/mol. The Bertz CT molecular complexity index is 1070. The third-order valence-electron chi connectivity index (χ3n) is 4.10. The van der Waals surface area contributed by atoms with Crippen LogP contribution in [-0.4, -0.2) is 27.8 Å². The van der Waals surface area contributed by atoms with Gasteiger partial charge in [0.25, 0.3) is 0 Å². The Morgan fingerprint density at radius 3 is 2.52 bits per heavy atom. The number of Topliss-reactive ketones (excluding diaryl/α,β-unsaturated/α-hetero) is 1. The van der Waals surface area contributed by atoms with Gasteiger partial charge in [0.05, 0.1) is 5.57 Å². The number of aromatic amines is 1. The largest absolute Gasteiger partial charge is 0.471 e. The van der Waals surface area contributed by atoms with Gasteiger partial charge in [-0.25, -0.2) is 4.98 Å².